The lowest BCUT2D eigenvalue weighted by Gasteiger charge is -2.15. The quantitative estimate of drug-likeness (QED) is 0.658. The molecule has 1 aliphatic heterocycles. The first-order chi connectivity index (χ1) is 14.5. The number of aromatic nitrogens is 4. The molecule has 0 unspecified atom stereocenters. The third-order valence-electron chi connectivity index (χ3n) is 5.38. The molecule has 1 aliphatic rings. The normalized spacial score (nSPS) is 18.4. The number of hydrogen-bond donors (Lipinski definition) is 1. The predicted octanol–water partition coefficient (Wildman–Crippen LogP) is 1.89. The minimum Gasteiger partial charge on any atom is -0.309 e. The van der Waals surface area contributed by atoms with Gasteiger partial charge in [0, 0.05) is 16.9 Å². The summed E-state index contributed by atoms with van der Waals surface area (Å²) in [5.74, 6) is 0.0807. The molecular weight excluding hydrogens is 418 g/mol. The molecule has 4 rings (SSSR count). The zero-order valence-electron chi connectivity index (χ0n) is 17.7. The van der Waals surface area contributed by atoms with Crippen LogP contribution in [0.4, 0.5) is 5.82 Å². The molecule has 1 fully saturated rings. The van der Waals surface area contributed by atoms with Crippen molar-refractivity contribution in [2.24, 2.45) is 0 Å². The average Bonchev–Trinajstić information content (AvgIpc) is 3.27. The van der Waals surface area contributed by atoms with E-state index < -0.39 is 15.7 Å². The van der Waals surface area contributed by atoms with Crippen LogP contribution in [0.25, 0.3) is 10.8 Å². The van der Waals surface area contributed by atoms with Crippen molar-refractivity contribution in [2.45, 2.75) is 45.2 Å². The molecule has 0 bridgehead atoms. The Hall–Kier alpha value is -3.01. The summed E-state index contributed by atoms with van der Waals surface area (Å²) in [5, 5.41) is 12.7. The largest absolute Gasteiger partial charge is 0.309 e. The fourth-order valence-electron chi connectivity index (χ4n) is 3.66. The Morgan fingerprint density at radius 1 is 1.26 bits per heavy atom. The van der Waals surface area contributed by atoms with Crippen molar-refractivity contribution in [3.05, 3.63) is 52.6 Å². The number of rotatable bonds is 4. The number of benzene rings is 1. The van der Waals surface area contributed by atoms with E-state index in [1.807, 2.05) is 26.8 Å². The lowest BCUT2D eigenvalue weighted by Crippen LogP contribution is -2.30. The van der Waals surface area contributed by atoms with Crippen LogP contribution in [0, 0.1) is 0 Å². The molecule has 0 spiro atoms. The molecule has 164 valence electrons. The molecule has 10 heteroatoms. The smallest absolute Gasteiger partial charge is 0.275 e. The van der Waals surface area contributed by atoms with E-state index in [9.17, 15) is 18.0 Å². The van der Waals surface area contributed by atoms with Gasteiger partial charge in [-0.05, 0) is 12.5 Å². The average molecular weight is 444 g/mol. The number of sulfone groups is 1. The maximum Gasteiger partial charge on any atom is 0.275 e. The maximum absolute atomic E-state index is 12.8. The first-order valence-corrected chi connectivity index (χ1v) is 11.9. The summed E-state index contributed by atoms with van der Waals surface area (Å²) in [5.41, 5.74) is 0.117. The Morgan fingerprint density at radius 3 is 2.68 bits per heavy atom. The second kappa shape index (κ2) is 7.60. The van der Waals surface area contributed by atoms with E-state index in [0.29, 0.717) is 23.0 Å². The lowest BCUT2D eigenvalue weighted by atomic mass is 9.92. The van der Waals surface area contributed by atoms with Gasteiger partial charge in [-0.1, -0.05) is 39.0 Å². The van der Waals surface area contributed by atoms with E-state index in [2.05, 4.69) is 15.5 Å². The Kier molecular flexibility index (Phi) is 5.20. The van der Waals surface area contributed by atoms with Crippen LogP contribution < -0.4 is 10.9 Å². The molecule has 3 heterocycles. The molecule has 1 amide bonds. The van der Waals surface area contributed by atoms with Crippen LogP contribution in [0.3, 0.4) is 0 Å². The van der Waals surface area contributed by atoms with Crippen LogP contribution in [-0.4, -0.2) is 45.4 Å². The highest BCUT2D eigenvalue weighted by molar-refractivity contribution is 7.91. The van der Waals surface area contributed by atoms with Gasteiger partial charge in [0.05, 0.1) is 34.8 Å². The first-order valence-electron chi connectivity index (χ1n) is 10.1. The van der Waals surface area contributed by atoms with E-state index in [-0.39, 0.29) is 35.1 Å². The minimum absolute atomic E-state index is 0.00712. The van der Waals surface area contributed by atoms with Gasteiger partial charge in [0.25, 0.3) is 5.56 Å². The highest BCUT2D eigenvalue weighted by Gasteiger charge is 2.33. The van der Waals surface area contributed by atoms with Crippen molar-refractivity contribution in [1.29, 1.82) is 0 Å². The molecule has 0 aliphatic carbocycles. The minimum atomic E-state index is -3.12. The van der Waals surface area contributed by atoms with Gasteiger partial charge >= 0.3 is 0 Å². The third-order valence-corrected chi connectivity index (χ3v) is 7.13. The number of carbonyl (C=O) groups is 1. The van der Waals surface area contributed by atoms with Gasteiger partial charge in [-0.2, -0.15) is 10.2 Å². The molecule has 0 radical (unpaired) electrons. The molecule has 1 saturated heterocycles. The fraction of sp³-hybridized carbons (Fsp3) is 0.429. The van der Waals surface area contributed by atoms with Crippen molar-refractivity contribution < 1.29 is 13.2 Å². The van der Waals surface area contributed by atoms with E-state index >= 15 is 0 Å². The summed E-state index contributed by atoms with van der Waals surface area (Å²) in [6, 6.07) is 8.49. The summed E-state index contributed by atoms with van der Waals surface area (Å²) >= 11 is 0. The molecule has 3 aromatic rings. The Bertz CT molecular complexity index is 1320. The second-order valence-electron chi connectivity index (χ2n) is 8.91. The van der Waals surface area contributed by atoms with Gasteiger partial charge < -0.3 is 5.32 Å². The number of anilines is 1. The monoisotopic (exact) mass is 443 g/mol. The highest BCUT2D eigenvalue weighted by atomic mass is 32.2. The van der Waals surface area contributed by atoms with E-state index in [1.54, 1.807) is 35.1 Å². The molecule has 31 heavy (non-hydrogen) atoms. The van der Waals surface area contributed by atoms with Gasteiger partial charge in [0.1, 0.15) is 12.4 Å². The molecule has 2 aromatic heterocycles. The Balaban J connectivity index is 1.61. The number of amides is 1. The maximum atomic E-state index is 12.8. The van der Waals surface area contributed by atoms with Crippen molar-refractivity contribution in [3.63, 3.8) is 0 Å². The van der Waals surface area contributed by atoms with Crippen LogP contribution in [-0.2, 0) is 26.6 Å². The van der Waals surface area contributed by atoms with E-state index in [0.717, 1.165) is 10.4 Å². The topological polar surface area (TPSA) is 116 Å². The summed E-state index contributed by atoms with van der Waals surface area (Å²) in [4.78, 5) is 25.4. The number of fused-ring (bicyclic) bond motifs is 1. The van der Waals surface area contributed by atoms with Crippen LogP contribution >= 0.6 is 0 Å². The standard InChI is InChI=1S/C21H25N5O4S/c1-21(2,3)17-10-18(26(24-17)15-8-9-31(29,30)13-15)23-19(27)12-25-20(28)16-7-5-4-6-14(16)11-22-25/h4-7,10-11,15H,8-9,12-13H2,1-3H3,(H,23,27)/t15-/m1/s1. The van der Waals surface area contributed by atoms with Crippen LogP contribution in [0.2, 0.25) is 0 Å². The SMILES string of the molecule is CC(C)(C)c1cc(NC(=O)Cn2ncc3ccccc3c2=O)n([C@@H]2CCS(=O)(=O)C2)n1. The number of hydrogen-bond acceptors (Lipinski definition) is 6. The summed E-state index contributed by atoms with van der Waals surface area (Å²) in [6.07, 6.45) is 2.00. The first kappa shape index (κ1) is 21.2. The lowest BCUT2D eigenvalue weighted by molar-refractivity contribution is -0.117. The van der Waals surface area contributed by atoms with Gasteiger partial charge in [-0.25, -0.2) is 17.8 Å². The Labute approximate surface area is 180 Å². The summed E-state index contributed by atoms with van der Waals surface area (Å²) in [6.45, 7) is 5.72. The molecule has 1 N–H and O–H groups in total. The second-order valence-corrected chi connectivity index (χ2v) is 11.1. The van der Waals surface area contributed by atoms with E-state index in [4.69, 9.17) is 0 Å². The molecule has 1 aromatic carbocycles. The predicted molar refractivity (Wildman–Crippen MR) is 118 cm³/mol. The zero-order valence-corrected chi connectivity index (χ0v) is 18.5. The summed E-state index contributed by atoms with van der Waals surface area (Å²) < 4.78 is 26.6. The molecular formula is C21H25N5O4S. The molecule has 9 nitrogen and oxygen atoms in total. The Morgan fingerprint density at radius 2 is 2.00 bits per heavy atom. The van der Waals surface area contributed by atoms with Crippen molar-refractivity contribution in [3.8, 4) is 0 Å². The van der Waals surface area contributed by atoms with Gasteiger partial charge in [-0.15, -0.1) is 0 Å². The van der Waals surface area contributed by atoms with Crippen molar-refractivity contribution >= 4 is 32.3 Å². The third kappa shape index (κ3) is 4.39. The fourth-order valence-corrected chi connectivity index (χ4v) is 5.35. The summed E-state index contributed by atoms with van der Waals surface area (Å²) in [7, 11) is -3.12. The zero-order chi connectivity index (χ0) is 22.4. The highest BCUT2D eigenvalue weighted by Crippen LogP contribution is 2.30. The molecule has 1 atom stereocenters. The van der Waals surface area contributed by atoms with Gasteiger partial charge in [0.15, 0.2) is 9.84 Å². The van der Waals surface area contributed by atoms with Crippen molar-refractivity contribution in [1.82, 2.24) is 19.6 Å². The van der Waals surface area contributed by atoms with E-state index in [1.165, 1.54) is 0 Å². The van der Waals surface area contributed by atoms with Crippen molar-refractivity contribution in [2.75, 3.05) is 16.8 Å². The van der Waals surface area contributed by atoms with Crippen LogP contribution in [0.1, 0.15) is 38.9 Å². The van der Waals surface area contributed by atoms with Crippen LogP contribution in [0.5, 0.6) is 0 Å². The number of carbonyl (C=O) groups excluding carboxylic acids is 1. The molecule has 0 saturated carbocycles. The van der Waals surface area contributed by atoms with Gasteiger partial charge in [-0.3, -0.25) is 9.59 Å². The van der Waals surface area contributed by atoms with Crippen LogP contribution in [0.15, 0.2) is 41.3 Å². The number of nitrogens with zero attached hydrogens (tertiary/aromatic N) is 4. The van der Waals surface area contributed by atoms with Gasteiger partial charge in [0.2, 0.25) is 5.91 Å². The number of nitrogens with one attached hydrogen (secondary N) is 1.